The molecule has 0 atom stereocenters. The first-order chi connectivity index (χ1) is 10.2. The zero-order chi connectivity index (χ0) is 14.8. The highest BCUT2D eigenvalue weighted by Gasteiger charge is 2.09. The topological polar surface area (TPSA) is 83.1 Å². The molecule has 3 aromatic rings. The van der Waals surface area contributed by atoms with E-state index in [1.807, 2.05) is 18.3 Å². The third-order valence-corrected chi connectivity index (χ3v) is 3.11. The third-order valence-electron chi connectivity index (χ3n) is 3.11. The molecule has 0 aliphatic carbocycles. The average Bonchev–Trinajstić information content (AvgIpc) is 2.97. The monoisotopic (exact) mass is 277 g/mol. The Morgan fingerprint density at radius 1 is 1.29 bits per heavy atom. The molecule has 0 bridgehead atoms. The number of fused-ring (bicyclic) bond motifs is 1. The molecule has 1 amide bonds. The summed E-state index contributed by atoms with van der Waals surface area (Å²) in [5.74, 6) is -0.245. The van der Waals surface area contributed by atoms with Gasteiger partial charge in [0, 0.05) is 25.0 Å². The van der Waals surface area contributed by atoms with Crippen LogP contribution in [-0.4, -0.2) is 27.3 Å². The van der Waals surface area contributed by atoms with Crippen LogP contribution in [0.5, 0.6) is 0 Å². The normalized spacial score (nSPS) is 10.3. The lowest BCUT2D eigenvalue weighted by atomic mass is 10.1. The van der Waals surface area contributed by atoms with Crippen molar-refractivity contribution >= 4 is 11.6 Å². The molecule has 0 saturated heterocycles. The highest BCUT2D eigenvalue weighted by Crippen LogP contribution is 2.19. The number of hydrogen-bond acceptors (Lipinski definition) is 4. The van der Waals surface area contributed by atoms with E-state index in [9.17, 15) is 4.79 Å². The maximum atomic E-state index is 11.6. The molecule has 0 unspecified atom stereocenters. The van der Waals surface area contributed by atoms with Gasteiger partial charge in [0.15, 0.2) is 5.65 Å². The number of aromatic nitrogens is 3. The molecule has 2 aromatic heterocycles. The van der Waals surface area contributed by atoms with E-state index in [4.69, 9.17) is 5.26 Å². The third kappa shape index (κ3) is 2.32. The van der Waals surface area contributed by atoms with E-state index in [2.05, 4.69) is 21.4 Å². The fourth-order valence-electron chi connectivity index (χ4n) is 2.00. The molecule has 0 aliphatic heterocycles. The van der Waals surface area contributed by atoms with Crippen molar-refractivity contribution in [2.24, 2.45) is 0 Å². The van der Waals surface area contributed by atoms with Gasteiger partial charge in [-0.25, -0.2) is 9.97 Å². The largest absolute Gasteiger partial charge is 0.354 e. The summed E-state index contributed by atoms with van der Waals surface area (Å²) < 4.78 is 1.76. The Kier molecular flexibility index (Phi) is 3.09. The average molecular weight is 277 g/mol. The van der Waals surface area contributed by atoms with Gasteiger partial charge in [-0.05, 0) is 12.1 Å². The molecule has 6 heteroatoms. The van der Waals surface area contributed by atoms with Crippen molar-refractivity contribution in [2.45, 2.75) is 0 Å². The summed E-state index contributed by atoms with van der Waals surface area (Å²) in [7, 11) is 1.56. The summed E-state index contributed by atoms with van der Waals surface area (Å²) in [5.41, 5.74) is 3.25. The predicted molar refractivity (Wildman–Crippen MR) is 76.5 cm³/mol. The minimum atomic E-state index is -0.245. The van der Waals surface area contributed by atoms with Gasteiger partial charge in [-0.3, -0.25) is 4.79 Å². The summed E-state index contributed by atoms with van der Waals surface area (Å²) in [5, 5.41) is 11.3. The molecule has 21 heavy (non-hydrogen) atoms. The van der Waals surface area contributed by atoms with Crippen molar-refractivity contribution in [1.29, 1.82) is 5.26 Å². The Morgan fingerprint density at radius 2 is 2.05 bits per heavy atom. The second-order valence-corrected chi connectivity index (χ2v) is 4.43. The Balaban J connectivity index is 2.04. The van der Waals surface area contributed by atoms with E-state index < -0.39 is 0 Å². The van der Waals surface area contributed by atoms with Gasteiger partial charge < -0.3 is 9.72 Å². The molecule has 2 heterocycles. The van der Waals surface area contributed by atoms with Crippen molar-refractivity contribution in [3.05, 3.63) is 54.1 Å². The first-order valence-corrected chi connectivity index (χ1v) is 6.28. The number of nitrogens with zero attached hydrogens (tertiary/aromatic N) is 4. The summed E-state index contributed by atoms with van der Waals surface area (Å²) >= 11 is 0. The van der Waals surface area contributed by atoms with E-state index in [0.29, 0.717) is 16.9 Å². The van der Waals surface area contributed by atoms with Gasteiger partial charge in [-0.15, -0.1) is 0 Å². The molecule has 102 valence electrons. The van der Waals surface area contributed by atoms with Crippen molar-refractivity contribution in [3.8, 4) is 17.3 Å². The molecular weight excluding hydrogens is 266 g/mol. The molecule has 0 aliphatic rings. The molecule has 1 N–H and O–H groups in total. The van der Waals surface area contributed by atoms with Crippen LogP contribution in [0.2, 0.25) is 0 Å². The number of nitrogens with one attached hydrogen (secondary N) is 1. The van der Waals surface area contributed by atoms with Gasteiger partial charge >= 0.3 is 0 Å². The number of nitriles is 1. The number of imidazole rings is 1. The van der Waals surface area contributed by atoms with Crippen LogP contribution in [0, 0.1) is 11.3 Å². The Bertz CT molecular complexity index is 858. The standard InChI is InChI=1S/C15H11N5O/c1-17-15(21)13-9-20-8-12(19-14(20)7-18-13)11-4-2-10(6-16)3-5-11/h2-5,7-9H,1H3,(H,17,21). The summed E-state index contributed by atoms with van der Waals surface area (Å²) in [6.45, 7) is 0. The number of carbonyl (C=O) groups excluding carboxylic acids is 1. The summed E-state index contributed by atoms with van der Waals surface area (Å²) in [4.78, 5) is 20.1. The molecule has 1 aromatic carbocycles. The van der Waals surface area contributed by atoms with Crippen LogP contribution in [-0.2, 0) is 0 Å². The van der Waals surface area contributed by atoms with Crippen LogP contribution in [0.15, 0.2) is 42.9 Å². The lowest BCUT2D eigenvalue weighted by Gasteiger charge is -1.98. The van der Waals surface area contributed by atoms with Gasteiger partial charge in [0.1, 0.15) is 5.69 Å². The zero-order valence-electron chi connectivity index (χ0n) is 11.2. The summed E-state index contributed by atoms with van der Waals surface area (Å²) in [6, 6.07) is 9.25. The van der Waals surface area contributed by atoms with Crippen LogP contribution in [0.4, 0.5) is 0 Å². The summed E-state index contributed by atoms with van der Waals surface area (Å²) in [6.07, 6.45) is 5.01. The predicted octanol–water partition coefficient (Wildman–Crippen LogP) is 1.63. The van der Waals surface area contributed by atoms with Crippen molar-refractivity contribution < 1.29 is 4.79 Å². The van der Waals surface area contributed by atoms with Gasteiger partial charge in [0.05, 0.1) is 23.5 Å². The van der Waals surface area contributed by atoms with Crippen LogP contribution in [0.1, 0.15) is 16.1 Å². The fraction of sp³-hybridized carbons (Fsp3) is 0.0667. The Hall–Kier alpha value is -3.20. The Labute approximate surface area is 120 Å². The van der Waals surface area contributed by atoms with Gasteiger partial charge in [-0.1, -0.05) is 12.1 Å². The van der Waals surface area contributed by atoms with E-state index in [1.165, 1.54) is 0 Å². The molecule has 6 nitrogen and oxygen atoms in total. The minimum Gasteiger partial charge on any atom is -0.354 e. The highest BCUT2D eigenvalue weighted by atomic mass is 16.1. The van der Waals surface area contributed by atoms with Gasteiger partial charge in [0.2, 0.25) is 0 Å². The number of rotatable bonds is 2. The van der Waals surface area contributed by atoms with E-state index in [-0.39, 0.29) is 5.91 Å². The van der Waals surface area contributed by atoms with E-state index >= 15 is 0 Å². The number of hydrogen-bond donors (Lipinski definition) is 1. The lowest BCUT2D eigenvalue weighted by molar-refractivity contribution is 0.0957. The second-order valence-electron chi connectivity index (χ2n) is 4.43. The molecule has 3 rings (SSSR count). The SMILES string of the molecule is CNC(=O)c1cn2cc(-c3ccc(C#N)cc3)nc2cn1. The zero-order valence-corrected chi connectivity index (χ0v) is 11.2. The number of carbonyl (C=O) groups is 1. The van der Waals surface area contributed by atoms with Crippen molar-refractivity contribution in [2.75, 3.05) is 7.05 Å². The number of benzene rings is 1. The molecular formula is C15H11N5O. The first-order valence-electron chi connectivity index (χ1n) is 6.28. The lowest BCUT2D eigenvalue weighted by Crippen LogP contribution is -2.19. The molecule has 0 spiro atoms. The van der Waals surface area contributed by atoms with Crippen LogP contribution >= 0.6 is 0 Å². The van der Waals surface area contributed by atoms with Gasteiger partial charge in [-0.2, -0.15) is 5.26 Å². The smallest absolute Gasteiger partial charge is 0.271 e. The van der Waals surface area contributed by atoms with Crippen LogP contribution in [0.25, 0.3) is 16.9 Å². The maximum Gasteiger partial charge on any atom is 0.271 e. The Morgan fingerprint density at radius 3 is 2.71 bits per heavy atom. The number of amides is 1. The molecule has 0 fully saturated rings. The van der Waals surface area contributed by atoms with Gasteiger partial charge in [0.25, 0.3) is 5.91 Å². The van der Waals surface area contributed by atoms with E-state index in [1.54, 1.807) is 36.0 Å². The quantitative estimate of drug-likeness (QED) is 0.771. The second kappa shape index (κ2) is 5.06. The molecule has 0 radical (unpaired) electrons. The van der Waals surface area contributed by atoms with Crippen LogP contribution in [0.3, 0.4) is 0 Å². The van der Waals surface area contributed by atoms with Crippen molar-refractivity contribution in [1.82, 2.24) is 19.7 Å². The van der Waals surface area contributed by atoms with Crippen molar-refractivity contribution in [3.63, 3.8) is 0 Å². The maximum absolute atomic E-state index is 11.6. The highest BCUT2D eigenvalue weighted by molar-refractivity contribution is 5.91. The van der Waals surface area contributed by atoms with Crippen LogP contribution < -0.4 is 5.32 Å². The fourth-order valence-corrected chi connectivity index (χ4v) is 2.00. The first kappa shape index (κ1) is 12.8. The minimum absolute atomic E-state index is 0.245. The molecule has 0 saturated carbocycles. The van der Waals surface area contributed by atoms with E-state index in [0.717, 1.165) is 11.3 Å².